The summed E-state index contributed by atoms with van der Waals surface area (Å²) in [6.07, 6.45) is 5.23. The summed E-state index contributed by atoms with van der Waals surface area (Å²) in [5.74, 6) is -1.27. The van der Waals surface area contributed by atoms with Crippen molar-refractivity contribution in [3.05, 3.63) is 36.5 Å². The van der Waals surface area contributed by atoms with Crippen LogP contribution in [0.3, 0.4) is 0 Å². The van der Waals surface area contributed by atoms with Crippen LogP contribution in [0.2, 0.25) is 0 Å². The Labute approximate surface area is 293 Å². The number of allylic oxidation sites excluding steroid dienone is 2. The third-order valence-corrected chi connectivity index (χ3v) is 10.2. The first-order valence-electron chi connectivity index (χ1n) is 17.8. The fourth-order valence-electron chi connectivity index (χ4n) is 7.15. The molecule has 0 aromatic heterocycles. The molecule has 2 fully saturated rings. The second-order valence-electron chi connectivity index (χ2n) is 14.3. The number of carbonyl (C=O) groups is 1. The van der Waals surface area contributed by atoms with Crippen LogP contribution in [0.4, 0.5) is 0 Å². The van der Waals surface area contributed by atoms with Crippen molar-refractivity contribution in [3.8, 4) is 0 Å². The molecule has 2 saturated heterocycles. The van der Waals surface area contributed by atoms with Crippen LogP contribution in [0, 0.1) is 23.7 Å². The van der Waals surface area contributed by atoms with Crippen LogP contribution in [0.25, 0.3) is 0 Å². The number of likely N-dealkylation sites (N-methyl/N-ethyl adjacent to an activating group) is 1. The number of ether oxygens (including phenoxy) is 7. The first-order chi connectivity index (χ1) is 23.2. The molecule has 0 aliphatic carbocycles. The van der Waals surface area contributed by atoms with Crippen molar-refractivity contribution in [2.24, 2.45) is 23.7 Å². The Morgan fingerprint density at radius 3 is 2.14 bits per heavy atom. The van der Waals surface area contributed by atoms with Gasteiger partial charge in [0, 0.05) is 38.2 Å². The lowest BCUT2D eigenvalue weighted by Crippen LogP contribution is -2.59. The number of aliphatic hydroxyl groups is 3. The minimum atomic E-state index is -0.887. The average molecular weight is 698 g/mol. The highest BCUT2D eigenvalue weighted by atomic mass is 16.7. The van der Waals surface area contributed by atoms with Gasteiger partial charge in [-0.05, 0) is 59.0 Å². The van der Waals surface area contributed by atoms with E-state index in [0.29, 0.717) is 19.3 Å². The van der Waals surface area contributed by atoms with Gasteiger partial charge in [-0.2, -0.15) is 0 Å². The zero-order valence-corrected chi connectivity index (χ0v) is 31.1. The Morgan fingerprint density at radius 1 is 0.837 bits per heavy atom. The number of nitrogens with zero attached hydrogens (tertiary/aromatic N) is 1. The van der Waals surface area contributed by atoms with Gasteiger partial charge in [0.05, 0.1) is 31.0 Å². The Morgan fingerprint density at radius 2 is 1.51 bits per heavy atom. The van der Waals surface area contributed by atoms with Crippen LogP contribution in [0.1, 0.15) is 60.8 Å². The van der Waals surface area contributed by atoms with Gasteiger partial charge < -0.3 is 53.4 Å². The van der Waals surface area contributed by atoms with Gasteiger partial charge in [-0.25, -0.2) is 4.79 Å². The van der Waals surface area contributed by atoms with Crippen LogP contribution < -0.4 is 0 Å². The molecule has 12 nitrogen and oxygen atoms in total. The number of hydrogen-bond acceptors (Lipinski definition) is 12. The molecule has 0 saturated carbocycles. The lowest BCUT2D eigenvalue weighted by atomic mass is 9.84. The maximum absolute atomic E-state index is 13.3. The first-order valence-corrected chi connectivity index (χ1v) is 17.8. The summed E-state index contributed by atoms with van der Waals surface area (Å²) in [6.45, 7) is 11.8. The number of aliphatic hydroxyl groups excluding tert-OH is 3. The topological polar surface area (TPSA) is 146 Å². The zero-order chi connectivity index (χ0) is 36.4. The maximum Gasteiger partial charge on any atom is 0.330 e. The second kappa shape index (κ2) is 19.8. The molecule has 3 aliphatic heterocycles. The molecule has 3 rings (SSSR count). The minimum absolute atomic E-state index is 0.0487. The minimum Gasteiger partial charge on any atom is -0.459 e. The van der Waals surface area contributed by atoms with Gasteiger partial charge in [-0.1, -0.05) is 58.1 Å². The number of methoxy groups -OCH3 is 2. The fourth-order valence-corrected chi connectivity index (χ4v) is 7.15. The van der Waals surface area contributed by atoms with Crippen molar-refractivity contribution in [2.75, 3.05) is 34.9 Å². The van der Waals surface area contributed by atoms with E-state index in [0.717, 1.165) is 0 Å². The number of cyclic esters (lactones) is 1. The van der Waals surface area contributed by atoms with Crippen molar-refractivity contribution in [1.82, 2.24) is 4.90 Å². The van der Waals surface area contributed by atoms with Gasteiger partial charge in [-0.3, -0.25) is 0 Å². The van der Waals surface area contributed by atoms with Crippen LogP contribution in [-0.2, 0) is 38.0 Å². The summed E-state index contributed by atoms with van der Waals surface area (Å²) in [7, 11) is 6.88. The molecule has 3 N–H and O–H groups in total. The van der Waals surface area contributed by atoms with Crippen molar-refractivity contribution >= 4 is 5.97 Å². The van der Waals surface area contributed by atoms with Crippen molar-refractivity contribution < 1.29 is 53.3 Å². The molecule has 0 radical (unpaired) electrons. The third kappa shape index (κ3) is 11.4. The SMILES string of the molecule is CCC1OC(=O)/C=C\[C@H](C)[C@@H](O[C@@H]2OC(C)C[C@H](N(C)C)[C@H]2O)[C@@H](C)C[C@@H](C)C(O)/C=C\C=C/[C@@H]1CO[C@@H]1O[C@H](C)[C@@H](O)[C@@H](OC)[C@H]1OC. The Bertz CT molecular complexity index is 1080. The second-order valence-corrected chi connectivity index (χ2v) is 14.3. The molecule has 12 heteroatoms. The molecule has 0 aromatic carbocycles. The monoisotopic (exact) mass is 697 g/mol. The van der Waals surface area contributed by atoms with Gasteiger partial charge in [0.2, 0.25) is 0 Å². The van der Waals surface area contributed by atoms with Crippen LogP contribution in [-0.4, -0.2) is 135 Å². The molecular formula is C37H63NO11. The zero-order valence-electron chi connectivity index (χ0n) is 31.1. The molecule has 0 amide bonds. The van der Waals surface area contributed by atoms with Crippen molar-refractivity contribution in [1.29, 1.82) is 0 Å². The lowest BCUT2D eigenvalue weighted by Gasteiger charge is -2.43. The predicted octanol–water partition coefficient (Wildman–Crippen LogP) is 3.23. The molecule has 282 valence electrons. The summed E-state index contributed by atoms with van der Waals surface area (Å²) in [5.41, 5.74) is 0. The van der Waals surface area contributed by atoms with E-state index in [9.17, 15) is 20.1 Å². The van der Waals surface area contributed by atoms with E-state index >= 15 is 0 Å². The van der Waals surface area contributed by atoms with Gasteiger partial charge >= 0.3 is 5.97 Å². The molecule has 16 atom stereocenters. The van der Waals surface area contributed by atoms with Crippen LogP contribution in [0.5, 0.6) is 0 Å². The highest BCUT2D eigenvalue weighted by Gasteiger charge is 2.45. The summed E-state index contributed by atoms with van der Waals surface area (Å²) in [5, 5.41) is 32.8. The van der Waals surface area contributed by atoms with E-state index in [1.54, 1.807) is 25.2 Å². The number of carbonyl (C=O) groups excluding carboxylic acids is 1. The van der Waals surface area contributed by atoms with Crippen LogP contribution >= 0.6 is 0 Å². The smallest absolute Gasteiger partial charge is 0.330 e. The Balaban J connectivity index is 1.85. The molecule has 49 heavy (non-hydrogen) atoms. The summed E-state index contributed by atoms with van der Waals surface area (Å²) < 4.78 is 41.9. The quantitative estimate of drug-likeness (QED) is 0.304. The van der Waals surface area contributed by atoms with E-state index in [1.165, 1.54) is 20.3 Å². The number of rotatable bonds is 9. The van der Waals surface area contributed by atoms with Crippen molar-refractivity contribution in [3.63, 3.8) is 0 Å². The van der Waals surface area contributed by atoms with E-state index in [4.69, 9.17) is 33.2 Å². The predicted molar refractivity (Wildman–Crippen MR) is 184 cm³/mol. The van der Waals surface area contributed by atoms with E-state index in [-0.39, 0.29) is 42.4 Å². The molecule has 3 heterocycles. The Hall–Kier alpha value is -1.71. The number of esters is 1. The Kier molecular flexibility index (Phi) is 16.8. The summed E-state index contributed by atoms with van der Waals surface area (Å²) in [4.78, 5) is 15.3. The van der Waals surface area contributed by atoms with E-state index in [2.05, 4.69) is 6.92 Å². The fraction of sp³-hybridized carbons (Fsp3) is 0.811. The molecule has 0 aromatic rings. The summed E-state index contributed by atoms with van der Waals surface area (Å²) in [6, 6.07) is -0.126. The number of hydrogen-bond donors (Lipinski definition) is 3. The van der Waals surface area contributed by atoms with Crippen molar-refractivity contribution in [2.45, 2.75) is 134 Å². The van der Waals surface area contributed by atoms with E-state index < -0.39 is 67.4 Å². The molecule has 3 aliphatic rings. The van der Waals surface area contributed by atoms with Gasteiger partial charge in [-0.15, -0.1) is 0 Å². The third-order valence-electron chi connectivity index (χ3n) is 10.2. The summed E-state index contributed by atoms with van der Waals surface area (Å²) >= 11 is 0. The van der Waals surface area contributed by atoms with E-state index in [1.807, 2.05) is 58.8 Å². The highest BCUT2D eigenvalue weighted by molar-refractivity contribution is 5.82. The molecular weight excluding hydrogens is 634 g/mol. The molecule has 3 unspecified atom stereocenters. The maximum atomic E-state index is 13.3. The van der Waals surface area contributed by atoms with Gasteiger partial charge in [0.25, 0.3) is 0 Å². The average Bonchev–Trinajstić information content (AvgIpc) is 3.06. The largest absolute Gasteiger partial charge is 0.459 e. The first kappa shape index (κ1) is 41.7. The van der Waals surface area contributed by atoms with Gasteiger partial charge in [0.15, 0.2) is 12.6 Å². The van der Waals surface area contributed by atoms with Crippen LogP contribution in [0.15, 0.2) is 36.5 Å². The van der Waals surface area contributed by atoms with Gasteiger partial charge in [0.1, 0.15) is 30.5 Å². The molecule has 0 bridgehead atoms. The lowest BCUT2D eigenvalue weighted by molar-refractivity contribution is -0.304. The normalized spacial score (nSPS) is 45.1. The standard InChI is InChI=1S/C37H63NO11/c1-11-29-26(20-45-37-35(44-10)34(43-9)31(41)25(6)47-37)14-12-13-15-28(39)22(3)18-23(4)33(21(2)16-17-30(40)48-29)49-36-32(42)27(38(7)8)19-24(5)46-36/h12-17,21-29,31-37,39,41-42H,11,18-20H2,1-10H3/b14-12-,15-13-,17-16-/t21-,22+,23-,24?,25+,26+,27-,28?,29?,31+,32+,33+,34+,35+,36-,37+/m0/s1. The molecule has 0 spiro atoms. The highest BCUT2D eigenvalue weighted by Crippen LogP contribution is 2.32.